The maximum absolute atomic E-state index is 5.04. The normalized spacial score (nSPS) is 17.5. The molecule has 0 bridgehead atoms. The molecule has 0 spiro atoms. The summed E-state index contributed by atoms with van der Waals surface area (Å²) in [5, 5.41) is 0. The van der Waals surface area contributed by atoms with Crippen LogP contribution in [0.15, 0.2) is 120 Å². The van der Waals surface area contributed by atoms with Crippen molar-refractivity contribution < 1.29 is 0 Å². The molecule has 0 saturated heterocycles. The topological polar surface area (TPSA) is 31.7 Å². The minimum Gasteiger partial charge on any atom is -0.354 e. The largest absolute Gasteiger partial charge is 0.354 e. The number of nitrogens with zero attached hydrogens (tertiary/aromatic N) is 4. The number of pyridine rings is 1. The van der Waals surface area contributed by atoms with Crippen LogP contribution in [0, 0.1) is 0 Å². The van der Waals surface area contributed by atoms with E-state index in [0.717, 1.165) is 47.6 Å². The highest BCUT2D eigenvalue weighted by molar-refractivity contribution is 5.89. The van der Waals surface area contributed by atoms with Gasteiger partial charge in [0, 0.05) is 44.2 Å². The Hall–Kier alpha value is -4.70. The van der Waals surface area contributed by atoms with E-state index in [2.05, 4.69) is 122 Å². The molecule has 41 heavy (non-hydrogen) atoms. The molecule has 208 valence electrons. The number of rotatable bonds is 9. The number of hydrogen-bond acceptors (Lipinski definition) is 4. The number of anilines is 2. The molecule has 1 heterocycles. The van der Waals surface area contributed by atoms with Gasteiger partial charge in [0.05, 0.1) is 11.4 Å². The third-order valence-corrected chi connectivity index (χ3v) is 7.46. The van der Waals surface area contributed by atoms with Gasteiger partial charge in [0.15, 0.2) is 0 Å². The molecule has 0 aliphatic heterocycles. The lowest BCUT2D eigenvalue weighted by Gasteiger charge is -2.25. The maximum Gasteiger partial charge on any atom is 0.133 e. The molecule has 2 aromatic rings. The van der Waals surface area contributed by atoms with Crippen molar-refractivity contribution in [2.24, 2.45) is 4.99 Å². The first kappa shape index (κ1) is 29.3. The summed E-state index contributed by atoms with van der Waals surface area (Å²) in [4.78, 5) is 13.3. The third-order valence-electron chi connectivity index (χ3n) is 7.46. The van der Waals surface area contributed by atoms with Crippen LogP contribution < -0.4 is 4.90 Å². The summed E-state index contributed by atoms with van der Waals surface area (Å²) in [6.45, 7) is 11.9. The zero-order valence-electron chi connectivity index (χ0n) is 24.7. The van der Waals surface area contributed by atoms with Crippen LogP contribution in [0.2, 0.25) is 0 Å². The van der Waals surface area contributed by atoms with Crippen LogP contribution in [0.4, 0.5) is 11.5 Å². The molecule has 4 nitrogen and oxygen atoms in total. The predicted molar refractivity (Wildman–Crippen MR) is 180 cm³/mol. The summed E-state index contributed by atoms with van der Waals surface area (Å²) in [5.74, 6) is 0.864. The average Bonchev–Trinajstić information content (AvgIpc) is 3.13. The van der Waals surface area contributed by atoms with Gasteiger partial charge < -0.3 is 9.80 Å². The monoisotopic (exact) mass is 540 g/mol. The van der Waals surface area contributed by atoms with Gasteiger partial charge in [-0.3, -0.25) is 4.99 Å². The Morgan fingerprint density at radius 3 is 2.68 bits per heavy atom. The molecular formula is C37H40N4. The smallest absolute Gasteiger partial charge is 0.133 e. The molecule has 4 rings (SSSR count). The zero-order chi connectivity index (χ0) is 29.2. The van der Waals surface area contributed by atoms with E-state index in [9.17, 15) is 0 Å². The summed E-state index contributed by atoms with van der Waals surface area (Å²) in [5.41, 5.74) is 10.2. The highest BCUT2D eigenvalue weighted by Crippen LogP contribution is 2.39. The van der Waals surface area contributed by atoms with Gasteiger partial charge in [0.1, 0.15) is 5.82 Å². The van der Waals surface area contributed by atoms with E-state index in [-0.39, 0.29) is 0 Å². The van der Waals surface area contributed by atoms with E-state index in [4.69, 9.17) is 4.98 Å². The number of benzene rings is 1. The third kappa shape index (κ3) is 7.09. The molecule has 0 fully saturated rings. The summed E-state index contributed by atoms with van der Waals surface area (Å²) in [7, 11) is 4.21. The molecule has 0 saturated carbocycles. The molecule has 1 aromatic heterocycles. The molecule has 4 heteroatoms. The highest BCUT2D eigenvalue weighted by atomic mass is 15.2. The summed E-state index contributed by atoms with van der Waals surface area (Å²) < 4.78 is 0. The second kappa shape index (κ2) is 14.1. The van der Waals surface area contributed by atoms with Crippen molar-refractivity contribution in [3.8, 4) is 0 Å². The Morgan fingerprint density at radius 1 is 1.07 bits per heavy atom. The SMILES string of the molecule is C=CC1=C(C)c2c(cc(/C=C\N(C)/C3=C/C/C=C\C=CC3)cc2N(C)c2cccc(C(/C=C\N=C)=C/C)n2)C=CC1. The lowest BCUT2D eigenvalue weighted by atomic mass is 9.93. The van der Waals surface area contributed by atoms with Crippen molar-refractivity contribution in [1.29, 1.82) is 0 Å². The van der Waals surface area contributed by atoms with Gasteiger partial charge in [-0.15, -0.1) is 0 Å². The quantitative estimate of drug-likeness (QED) is 0.234. The highest BCUT2D eigenvalue weighted by Gasteiger charge is 2.19. The number of aromatic nitrogens is 1. The Balaban J connectivity index is 1.79. The van der Waals surface area contributed by atoms with Gasteiger partial charge in [-0.05, 0) is 97.7 Å². The van der Waals surface area contributed by atoms with Crippen LogP contribution in [0.5, 0.6) is 0 Å². The molecule has 0 N–H and O–H groups in total. The molecular weight excluding hydrogens is 500 g/mol. The standard InChI is InChI=1S/C37H40N4/c1-7-30-16-14-17-32-26-29(23-25-40(5)33-18-12-10-9-11-13-19-33)27-35(37(32)28(30)3)41(6)36-21-15-20-34(39-36)31(8-2)22-24-38-4/h7-12,14-15,17,19-27H,1,4,13,16,18H2,2-3,5-6H3/b11-9-,12-10?,24-22-,25-23-,31-8+,33-19+. The fourth-order valence-corrected chi connectivity index (χ4v) is 5.09. The van der Waals surface area contributed by atoms with Crippen molar-refractivity contribution in [1.82, 2.24) is 9.88 Å². The Labute approximate surface area is 245 Å². The first-order chi connectivity index (χ1) is 20.0. The second-order valence-electron chi connectivity index (χ2n) is 10.1. The van der Waals surface area contributed by atoms with Gasteiger partial charge in [-0.1, -0.05) is 67.3 Å². The number of aliphatic imine (C=N–C) groups is 1. The summed E-state index contributed by atoms with van der Waals surface area (Å²) in [6, 6.07) is 10.7. The predicted octanol–water partition coefficient (Wildman–Crippen LogP) is 9.54. The van der Waals surface area contributed by atoms with Crippen LogP contribution >= 0.6 is 0 Å². The lowest BCUT2D eigenvalue weighted by molar-refractivity contribution is 0.555. The van der Waals surface area contributed by atoms with Crippen molar-refractivity contribution in [3.63, 3.8) is 0 Å². The van der Waals surface area contributed by atoms with Gasteiger partial charge in [0.2, 0.25) is 0 Å². The van der Waals surface area contributed by atoms with E-state index < -0.39 is 0 Å². The van der Waals surface area contributed by atoms with Gasteiger partial charge in [-0.2, -0.15) is 0 Å². The van der Waals surface area contributed by atoms with Gasteiger partial charge >= 0.3 is 0 Å². The lowest BCUT2D eigenvalue weighted by Crippen LogP contribution is -2.15. The van der Waals surface area contributed by atoms with E-state index in [1.165, 1.54) is 28.0 Å². The fourth-order valence-electron chi connectivity index (χ4n) is 5.09. The van der Waals surface area contributed by atoms with Crippen LogP contribution in [-0.2, 0) is 0 Å². The van der Waals surface area contributed by atoms with E-state index in [1.54, 1.807) is 6.20 Å². The first-order valence-electron chi connectivity index (χ1n) is 14.1. The molecule has 0 atom stereocenters. The molecule has 0 radical (unpaired) electrons. The van der Waals surface area contributed by atoms with Crippen molar-refractivity contribution in [2.45, 2.75) is 33.1 Å². The van der Waals surface area contributed by atoms with E-state index in [1.807, 2.05) is 37.3 Å². The van der Waals surface area contributed by atoms with E-state index >= 15 is 0 Å². The average molecular weight is 541 g/mol. The molecule has 0 unspecified atom stereocenters. The van der Waals surface area contributed by atoms with Crippen molar-refractivity contribution >= 4 is 41.5 Å². The Kier molecular flexibility index (Phi) is 10.1. The minimum absolute atomic E-state index is 0.860. The van der Waals surface area contributed by atoms with Crippen LogP contribution in [0.25, 0.3) is 23.3 Å². The van der Waals surface area contributed by atoms with Crippen LogP contribution in [-0.4, -0.2) is 30.7 Å². The second-order valence-corrected chi connectivity index (χ2v) is 10.1. The molecule has 2 aliphatic rings. The van der Waals surface area contributed by atoms with Gasteiger partial charge in [0.25, 0.3) is 0 Å². The molecule has 1 aromatic carbocycles. The summed E-state index contributed by atoms with van der Waals surface area (Å²) >= 11 is 0. The minimum atomic E-state index is 0.860. The number of fused-ring (bicyclic) bond motifs is 1. The van der Waals surface area contributed by atoms with Crippen LogP contribution in [0.3, 0.4) is 0 Å². The van der Waals surface area contributed by atoms with Crippen molar-refractivity contribution in [3.05, 3.63) is 138 Å². The number of allylic oxidation sites excluding steroid dienone is 12. The van der Waals surface area contributed by atoms with Crippen molar-refractivity contribution in [2.75, 3.05) is 19.0 Å². The summed E-state index contributed by atoms with van der Waals surface area (Å²) in [6.07, 6.45) is 30.0. The number of hydrogen-bond donors (Lipinski definition) is 0. The first-order valence-corrected chi connectivity index (χ1v) is 14.1. The van der Waals surface area contributed by atoms with Gasteiger partial charge in [-0.25, -0.2) is 4.98 Å². The maximum atomic E-state index is 5.04. The Morgan fingerprint density at radius 2 is 1.90 bits per heavy atom. The van der Waals surface area contributed by atoms with E-state index in [0.29, 0.717) is 0 Å². The van der Waals surface area contributed by atoms with Crippen LogP contribution in [0.1, 0.15) is 55.5 Å². The fraction of sp³-hybridized carbons (Fsp3) is 0.189. The molecule has 0 amide bonds. The zero-order valence-corrected chi connectivity index (χ0v) is 24.7. The Bertz CT molecular complexity index is 1540. The molecule has 2 aliphatic carbocycles.